The summed E-state index contributed by atoms with van der Waals surface area (Å²) < 4.78 is 20.0. The van der Waals surface area contributed by atoms with E-state index in [1.54, 1.807) is 13.2 Å². The topological polar surface area (TPSA) is 9.23 Å². The summed E-state index contributed by atoms with van der Waals surface area (Å²) in [5.74, 6) is 0.837. The number of halogens is 1. The second-order valence-electron chi connectivity index (χ2n) is 8.21. The summed E-state index contributed by atoms with van der Waals surface area (Å²) in [6, 6.07) is 11.7. The van der Waals surface area contributed by atoms with Crippen LogP contribution in [-0.2, 0) is 0 Å². The van der Waals surface area contributed by atoms with Crippen molar-refractivity contribution in [2.75, 3.05) is 7.11 Å². The van der Waals surface area contributed by atoms with E-state index in [1.807, 2.05) is 12.1 Å². The summed E-state index contributed by atoms with van der Waals surface area (Å²) in [7, 11) is -1.01. The zero-order valence-electron chi connectivity index (χ0n) is 15.8. The summed E-state index contributed by atoms with van der Waals surface area (Å²) >= 11 is 0. The Morgan fingerprint density at radius 3 is 2.00 bits per heavy atom. The molecule has 1 unspecified atom stereocenters. The van der Waals surface area contributed by atoms with Gasteiger partial charge in [0.05, 0.1) is 23.3 Å². The van der Waals surface area contributed by atoms with Crippen LogP contribution in [0.3, 0.4) is 0 Å². The van der Waals surface area contributed by atoms with Crippen LogP contribution < -0.4 is 25.7 Å². The molecule has 2 aromatic carbocycles. The van der Waals surface area contributed by atoms with Crippen LogP contribution in [0.15, 0.2) is 36.4 Å². The van der Waals surface area contributed by atoms with Gasteiger partial charge in [-0.15, -0.1) is 0 Å². The lowest BCUT2D eigenvalue weighted by Gasteiger charge is -2.27. The lowest BCUT2D eigenvalue weighted by Crippen LogP contribution is -2.47. The quantitative estimate of drug-likeness (QED) is 0.571. The van der Waals surface area contributed by atoms with Gasteiger partial charge in [0.2, 0.25) is 0 Å². The predicted molar refractivity (Wildman–Crippen MR) is 113 cm³/mol. The summed E-state index contributed by atoms with van der Waals surface area (Å²) in [5.41, 5.74) is 0. The van der Waals surface area contributed by atoms with E-state index in [9.17, 15) is 4.39 Å². The molecule has 2 rings (SSSR count). The summed E-state index contributed by atoms with van der Waals surface area (Å²) in [5, 5.41) is 4.67. The molecule has 0 heterocycles. The van der Waals surface area contributed by atoms with Gasteiger partial charge in [-0.25, -0.2) is 4.39 Å². The Labute approximate surface area is 149 Å². The van der Waals surface area contributed by atoms with E-state index in [0.29, 0.717) is 0 Å². The van der Waals surface area contributed by atoms with Gasteiger partial charge in [-0.2, -0.15) is 0 Å². The van der Waals surface area contributed by atoms with Crippen LogP contribution in [0, 0.1) is 5.82 Å². The fraction of sp³-hybridized carbons (Fsp3) is 0.368. The van der Waals surface area contributed by atoms with Crippen LogP contribution in [0.5, 0.6) is 5.75 Å². The molecule has 0 N–H and O–H groups in total. The Morgan fingerprint density at radius 2 is 1.50 bits per heavy atom. The lowest BCUT2D eigenvalue weighted by atomic mass is 10.3. The Bertz CT molecular complexity index is 733. The van der Waals surface area contributed by atoms with Crippen molar-refractivity contribution in [3.63, 3.8) is 0 Å². The third-order valence-electron chi connectivity index (χ3n) is 4.11. The number of benzene rings is 2. The average molecular weight is 379 g/mol. The summed E-state index contributed by atoms with van der Waals surface area (Å²) in [6.45, 7) is 14.1. The first-order valence-corrected chi connectivity index (χ1v) is 16.3. The molecule has 0 saturated heterocycles. The molecule has 0 aromatic heterocycles. The molecule has 0 fully saturated rings. The maximum atomic E-state index is 14.2. The molecule has 0 aliphatic carbocycles. The van der Waals surface area contributed by atoms with Crippen molar-refractivity contribution in [2.45, 2.75) is 39.3 Å². The van der Waals surface area contributed by atoms with Crippen LogP contribution in [0.2, 0.25) is 39.3 Å². The minimum atomic E-state index is -1.56. The number of hydrogen-bond acceptors (Lipinski definition) is 1. The first-order valence-electron chi connectivity index (χ1n) is 8.28. The highest BCUT2D eigenvalue weighted by molar-refractivity contribution is 7.55. The molecule has 1 atom stereocenters. The van der Waals surface area contributed by atoms with Crippen LogP contribution >= 0.6 is 8.58 Å². The van der Waals surface area contributed by atoms with E-state index in [4.69, 9.17) is 4.74 Å². The van der Waals surface area contributed by atoms with Gasteiger partial charge in [-0.05, 0) is 11.3 Å². The highest BCUT2D eigenvalue weighted by atomic mass is 31.1. The van der Waals surface area contributed by atoms with Crippen molar-refractivity contribution in [3.05, 3.63) is 42.2 Å². The zero-order chi connectivity index (χ0) is 18.1. The minimum absolute atomic E-state index is 0.133. The van der Waals surface area contributed by atoms with Crippen molar-refractivity contribution < 1.29 is 9.13 Å². The van der Waals surface area contributed by atoms with Crippen LogP contribution in [0.25, 0.3) is 0 Å². The SMILES string of the molecule is COc1c(Pc2ccccc2F)cc([Si](C)(C)C)cc1[Si](C)(C)C. The molecule has 130 valence electrons. The predicted octanol–water partition coefficient (Wildman–Crippen LogP) is 3.55. The third-order valence-corrected chi connectivity index (χ3v) is 9.43. The van der Waals surface area contributed by atoms with E-state index in [2.05, 4.69) is 51.4 Å². The Hall–Kier alpha value is -0.966. The standard InChI is InChI=1S/C19H28FOPSi2/c1-21-19-17(22-16-11-9-8-10-15(16)20)12-14(23(2,3)4)13-18(19)24(5,6)7/h8-13,22H,1-7H3. The van der Waals surface area contributed by atoms with Gasteiger partial charge in [0.1, 0.15) is 11.6 Å². The molecule has 0 amide bonds. The van der Waals surface area contributed by atoms with E-state index < -0.39 is 16.1 Å². The summed E-state index contributed by atoms with van der Waals surface area (Å²) in [4.78, 5) is 0. The van der Waals surface area contributed by atoms with Crippen molar-refractivity contribution in [3.8, 4) is 5.75 Å². The molecule has 0 aliphatic rings. The molecule has 0 radical (unpaired) electrons. The molecule has 2 aromatic rings. The third kappa shape index (κ3) is 4.35. The molecular formula is C19H28FOPSi2. The summed E-state index contributed by atoms with van der Waals surface area (Å²) in [6.07, 6.45) is 0. The normalized spacial score (nSPS) is 12.8. The van der Waals surface area contributed by atoms with Crippen LogP contribution in [0.4, 0.5) is 4.39 Å². The Balaban J connectivity index is 2.66. The number of hydrogen-bond donors (Lipinski definition) is 0. The molecule has 0 bridgehead atoms. The Kier molecular flexibility index (Phi) is 5.73. The maximum Gasteiger partial charge on any atom is 0.130 e. The Morgan fingerprint density at radius 1 is 0.875 bits per heavy atom. The molecule has 5 heteroatoms. The maximum absolute atomic E-state index is 14.2. The second kappa shape index (κ2) is 7.11. The molecular weight excluding hydrogens is 350 g/mol. The smallest absolute Gasteiger partial charge is 0.130 e. The number of rotatable bonds is 5. The first-order chi connectivity index (χ1) is 11.0. The number of methoxy groups -OCH3 is 1. The number of ether oxygens (including phenoxy) is 1. The van der Waals surface area contributed by atoms with Gasteiger partial charge >= 0.3 is 0 Å². The minimum Gasteiger partial charge on any atom is -0.496 e. The highest BCUT2D eigenvalue weighted by Crippen LogP contribution is 2.22. The molecule has 1 nitrogen and oxygen atoms in total. The second-order valence-corrected chi connectivity index (χ2v) is 19.7. The largest absolute Gasteiger partial charge is 0.496 e. The first kappa shape index (κ1) is 19.4. The molecule has 0 spiro atoms. The van der Waals surface area contributed by atoms with E-state index in [0.717, 1.165) is 16.4 Å². The van der Waals surface area contributed by atoms with Crippen molar-refractivity contribution >= 4 is 45.7 Å². The van der Waals surface area contributed by atoms with Gasteiger partial charge in [0, 0.05) is 10.6 Å². The van der Waals surface area contributed by atoms with Crippen LogP contribution in [-0.4, -0.2) is 23.3 Å². The van der Waals surface area contributed by atoms with Gasteiger partial charge in [-0.1, -0.05) is 83.4 Å². The molecule has 0 aliphatic heterocycles. The monoisotopic (exact) mass is 378 g/mol. The fourth-order valence-corrected chi connectivity index (χ4v) is 6.96. The molecule has 24 heavy (non-hydrogen) atoms. The fourth-order valence-electron chi connectivity index (χ4n) is 2.64. The van der Waals surface area contributed by atoms with E-state index in [1.165, 1.54) is 16.4 Å². The van der Waals surface area contributed by atoms with Crippen molar-refractivity contribution in [1.29, 1.82) is 0 Å². The lowest BCUT2D eigenvalue weighted by molar-refractivity contribution is 0.421. The van der Waals surface area contributed by atoms with Gasteiger partial charge < -0.3 is 4.74 Å². The van der Waals surface area contributed by atoms with Crippen molar-refractivity contribution in [2.24, 2.45) is 0 Å². The zero-order valence-corrected chi connectivity index (χ0v) is 18.8. The van der Waals surface area contributed by atoms with Gasteiger partial charge in [-0.3, -0.25) is 0 Å². The highest BCUT2D eigenvalue weighted by Gasteiger charge is 2.27. The van der Waals surface area contributed by atoms with E-state index in [-0.39, 0.29) is 14.4 Å². The van der Waals surface area contributed by atoms with E-state index >= 15 is 0 Å². The van der Waals surface area contributed by atoms with Crippen molar-refractivity contribution in [1.82, 2.24) is 0 Å². The van der Waals surface area contributed by atoms with Gasteiger partial charge in [0.25, 0.3) is 0 Å². The molecule has 0 saturated carbocycles. The van der Waals surface area contributed by atoms with Gasteiger partial charge in [0.15, 0.2) is 0 Å². The van der Waals surface area contributed by atoms with Crippen LogP contribution in [0.1, 0.15) is 0 Å². The average Bonchev–Trinajstić information content (AvgIpc) is 2.47.